The Kier molecular flexibility index (Phi) is 249. The minimum atomic E-state index is -1.75. The minimum Gasteiger partial charge on any atom is -0.412 e. The molecule has 30 nitrogen and oxygen atoms in total. The molecule has 0 spiro atoms. The first kappa shape index (κ1) is 93.1. The first-order valence-corrected chi connectivity index (χ1v) is 3.29. The molecule has 0 aromatic rings. The fourth-order valence-corrected chi connectivity index (χ4v) is 0. The van der Waals surface area contributed by atoms with E-state index in [4.69, 9.17) is 91.9 Å². The second-order valence-corrected chi connectivity index (χ2v) is 1.34. The van der Waals surface area contributed by atoms with Crippen LogP contribution in [0.15, 0.2) is 0 Å². The Morgan fingerprint density at radius 2 is 0.258 bits per heavy atom. The van der Waals surface area contributed by atoms with Crippen molar-refractivity contribution in [2.75, 3.05) is 0 Å². The van der Waals surface area contributed by atoms with Crippen LogP contribution < -0.4 is 0 Å². The van der Waals surface area contributed by atoms with E-state index in [9.17, 15) is 0 Å². The van der Waals surface area contributed by atoms with Crippen LogP contribution in [0, 0.1) is 123 Å². The summed E-state index contributed by atoms with van der Waals surface area (Å²) < 4.78 is 0. The van der Waals surface area contributed by atoms with E-state index in [-0.39, 0.29) is 64.0 Å². The van der Waals surface area contributed by atoms with Crippen LogP contribution in [0.3, 0.4) is 0 Å². The van der Waals surface area contributed by atoms with Gasteiger partial charge in [0.2, 0.25) is 0 Å². The van der Waals surface area contributed by atoms with E-state index in [2.05, 4.69) is 0 Å². The van der Waals surface area contributed by atoms with E-state index in [0.717, 1.165) is 0 Å². The average Bonchev–Trinajstić information content (AvgIpc) is 2.08. The molecule has 0 aromatic carbocycles. The SMILES string of the molecule is O.O.O.O.O.O.O=[N+]([O-])[O-].O=[N+]([O-])[O-].O=[N+]([O-])[O-].O=[N+]([O-])[O-].O=[N+]([O-])[O-].O=[N+]([O-])[O-].[U+6]. The van der Waals surface area contributed by atoms with Gasteiger partial charge in [-0.15, -0.1) is 0 Å². The van der Waals surface area contributed by atoms with Crippen molar-refractivity contribution in [1.82, 2.24) is 0 Å². The molecule has 31 heavy (non-hydrogen) atoms. The van der Waals surface area contributed by atoms with E-state index in [1.165, 1.54) is 0 Å². The van der Waals surface area contributed by atoms with Crippen LogP contribution in [0.4, 0.5) is 0 Å². The number of rotatable bonds is 0. The normalized spacial score (nSPS) is 4.65. The maximum Gasteiger partial charge on any atom is 6.00 e. The maximum absolute atomic E-state index is 8.25. The Balaban J connectivity index is -0.0000000109. The molecule has 0 aromatic heterocycles. The van der Waals surface area contributed by atoms with E-state index in [1.54, 1.807) is 0 Å². The van der Waals surface area contributed by atoms with Crippen LogP contribution >= 0.6 is 0 Å². The second kappa shape index (κ2) is 82.9. The Morgan fingerprint density at radius 1 is 0.258 bits per heavy atom. The van der Waals surface area contributed by atoms with E-state index in [0.29, 0.717) is 0 Å². The van der Waals surface area contributed by atoms with Crippen LogP contribution in [0.1, 0.15) is 0 Å². The van der Waals surface area contributed by atoms with Crippen LogP contribution in [-0.4, -0.2) is 63.4 Å². The van der Waals surface area contributed by atoms with Gasteiger partial charge in [0.15, 0.2) is 0 Å². The Morgan fingerprint density at radius 3 is 0.258 bits per heavy atom. The molecule has 0 heterocycles. The quantitative estimate of drug-likeness (QED) is 0.166. The topological polar surface area (TPSA) is 586 Å². The molecule has 0 aliphatic carbocycles. The van der Waals surface area contributed by atoms with Gasteiger partial charge in [-0.05, 0) is 0 Å². The summed E-state index contributed by atoms with van der Waals surface area (Å²) in [6, 6.07) is 0. The van der Waals surface area contributed by atoms with E-state index in [1.807, 2.05) is 0 Å². The van der Waals surface area contributed by atoms with Crippen LogP contribution in [0.2, 0.25) is 0 Å². The molecular weight excluding hydrogens is 706 g/mol. The fourth-order valence-electron chi connectivity index (χ4n) is 0. The number of nitrogens with zero attached hydrogens (tertiary/aromatic N) is 6. The molecule has 31 heteroatoms. The summed E-state index contributed by atoms with van der Waals surface area (Å²) in [5.41, 5.74) is 0. The molecule has 0 atom stereocenters. The van der Waals surface area contributed by atoms with Crippen molar-refractivity contribution >= 4 is 0 Å². The molecule has 0 bridgehead atoms. The summed E-state index contributed by atoms with van der Waals surface area (Å²) in [7, 11) is 0. The number of hydrogen-bond donors (Lipinski definition) is 0. The van der Waals surface area contributed by atoms with Gasteiger partial charge in [-0.2, -0.15) is 0 Å². The summed E-state index contributed by atoms with van der Waals surface area (Å²) >= 11 is 0. The molecule has 190 valence electrons. The van der Waals surface area contributed by atoms with Crippen molar-refractivity contribution < 1.29 is 94.5 Å². The molecule has 0 aliphatic rings. The second-order valence-electron chi connectivity index (χ2n) is 1.34. The Bertz CT molecular complexity index is 259. The fraction of sp³-hybridized carbons (Fsp3) is 0. The summed E-state index contributed by atoms with van der Waals surface area (Å²) in [5.74, 6) is 0. The smallest absolute Gasteiger partial charge is 0.412 e. The molecule has 0 saturated heterocycles. The molecule has 0 fully saturated rings. The summed E-state index contributed by atoms with van der Waals surface area (Å²) in [4.78, 5) is 49.5. The molecule has 0 unspecified atom stereocenters. The van der Waals surface area contributed by atoms with E-state index < -0.39 is 30.5 Å². The van der Waals surface area contributed by atoms with Crippen molar-refractivity contribution in [2.45, 2.75) is 0 Å². The van der Waals surface area contributed by atoms with Crippen LogP contribution in [0.25, 0.3) is 0 Å². The van der Waals surface area contributed by atoms with Crippen LogP contribution in [-0.2, 0) is 0 Å². The zero-order chi connectivity index (χ0) is 21.5. The predicted molar refractivity (Wildman–Crippen MR) is 83.9 cm³/mol. The van der Waals surface area contributed by atoms with Crippen molar-refractivity contribution in [1.29, 1.82) is 0 Å². The van der Waals surface area contributed by atoms with Gasteiger partial charge in [0.05, 0.1) is 30.5 Å². The zero-order valence-electron chi connectivity index (χ0n) is 13.5. The third-order valence-corrected chi connectivity index (χ3v) is 0. The molecule has 0 amide bonds. The van der Waals surface area contributed by atoms with Gasteiger partial charge in [0.1, 0.15) is 0 Å². The minimum absolute atomic E-state index is 0. The summed E-state index contributed by atoms with van der Waals surface area (Å²) in [6.45, 7) is 0. The van der Waals surface area contributed by atoms with Gasteiger partial charge in [-0.25, -0.2) is 0 Å². The Labute approximate surface area is 187 Å². The molecule has 12 N–H and O–H groups in total. The largest absolute Gasteiger partial charge is 6.00 e. The van der Waals surface area contributed by atoms with Crippen molar-refractivity contribution in [3.63, 3.8) is 0 Å². The molecule has 0 radical (unpaired) electrons. The standard InChI is InChI=1S/6NO3.6H2O.U/c6*2-1(3)4;;;;;;;/h;;;;;;6*1H2;/q6*-1;;;;;;;+6. The summed E-state index contributed by atoms with van der Waals surface area (Å²) in [6.07, 6.45) is 0. The molecular formula is H12N6O24U. The first-order chi connectivity index (χ1) is 10.4. The van der Waals surface area contributed by atoms with Gasteiger partial charge in [0, 0.05) is 0 Å². The Hall–Kier alpha value is -3.99. The van der Waals surface area contributed by atoms with Crippen LogP contribution in [0.5, 0.6) is 0 Å². The van der Waals surface area contributed by atoms with Crippen molar-refractivity contribution in [2.24, 2.45) is 0 Å². The third kappa shape index (κ3) is 943. The van der Waals surface area contributed by atoms with Crippen molar-refractivity contribution in [3.8, 4) is 0 Å². The van der Waals surface area contributed by atoms with Gasteiger partial charge >= 0.3 is 31.1 Å². The third-order valence-electron chi connectivity index (χ3n) is 0. The molecule has 0 aliphatic heterocycles. The zero-order valence-corrected chi connectivity index (χ0v) is 17.7. The molecule has 0 saturated carbocycles. The van der Waals surface area contributed by atoms with E-state index >= 15 is 0 Å². The summed E-state index contributed by atoms with van der Waals surface area (Å²) in [5, 5.41) is 88.5. The van der Waals surface area contributed by atoms with Gasteiger partial charge in [-0.3, -0.25) is 0 Å². The van der Waals surface area contributed by atoms with Gasteiger partial charge < -0.3 is 125 Å². The first-order valence-electron chi connectivity index (χ1n) is 3.29. The average molecular weight is 718 g/mol. The van der Waals surface area contributed by atoms with Gasteiger partial charge in [-0.1, -0.05) is 0 Å². The monoisotopic (exact) mass is 718 g/mol. The predicted octanol–water partition coefficient (Wildman–Crippen LogP) is -6.38. The van der Waals surface area contributed by atoms with Crippen molar-refractivity contribution in [3.05, 3.63) is 91.9 Å². The number of hydrogen-bond acceptors (Lipinski definition) is 18. The molecule has 0 rings (SSSR count). The maximum atomic E-state index is 8.25. The van der Waals surface area contributed by atoms with Gasteiger partial charge in [0.25, 0.3) is 0 Å².